The molecular formula is C25H23N5O3. The largest absolute Gasteiger partial charge is 0.378 e. The van der Waals surface area contributed by atoms with E-state index in [0.29, 0.717) is 36.6 Å². The predicted molar refractivity (Wildman–Crippen MR) is 124 cm³/mol. The van der Waals surface area contributed by atoms with Gasteiger partial charge < -0.3 is 14.2 Å². The smallest absolute Gasteiger partial charge is 0.280 e. The summed E-state index contributed by atoms with van der Waals surface area (Å²) in [5.74, 6) is -0.241. The molecule has 166 valence electrons. The third-order valence-electron chi connectivity index (χ3n) is 5.66. The van der Waals surface area contributed by atoms with Crippen LogP contribution in [0.2, 0.25) is 0 Å². The topological polar surface area (TPSA) is 82.2 Å². The van der Waals surface area contributed by atoms with Gasteiger partial charge in [-0.25, -0.2) is 4.68 Å². The van der Waals surface area contributed by atoms with Gasteiger partial charge in [0.25, 0.3) is 11.5 Å². The average molecular weight is 441 g/mol. The molecule has 0 aliphatic carbocycles. The van der Waals surface area contributed by atoms with E-state index in [9.17, 15) is 9.59 Å². The highest BCUT2D eigenvalue weighted by Crippen LogP contribution is 2.23. The van der Waals surface area contributed by atoms with Crippen molar-refractivity contribution < 1.29 is 9.53 Å². The lowest BCUT2D eigenvalue weighted by atomic mass is 10.1. The molecule has 1 aliphatic heterocycles. The van der Waals surface area contributed by atoms with Gasteiger partial charge in [-0.1, -0.05) is 18.2 Å². The molecule has 1 aliphatic rings. The molecular weight excluding hydrogens is 418 g/mol. The van der Waals surface area contributed by atoms with Crippen LogP contribution in [0.25, 0.3) is 11.3 Å². The number of aromatic nitrogens is 4. The maximum absolute atomic E-state index is 13.3. The average Bonchev–Trinajstić information content (AvgIpc) is 3.36. The number of benzene rings is 1. The zero-order valence-corrected chi connectivity index (χ0v) is 18.0. The van der Waals surface area contributed by atoms with Gasteiger partial charge >= 0.3 is 0 Å². The van der Waals surface area contributed by atoms with Crippen LogP contribution in [0.15, 0.2) is 84.2 Å². The van der Waals surface area contributed by atoms with Gasteiger partial charge in [-0.3, -0.25) is 14.6 Å². The molecule has 0 amide bonds. The van der Waals surface area contributed by atoms with Crippen molar-refractivity contribution in [2.45, 2.75) is 6.54 Å². The van der Waals surface area contributed by atoms with Crippen LogP contribution in [0, 0.1) is 0 Å². The second-order valence-electron chi connectivity index (χ2n) is 7.78. The Bertz CT molecular complexity index is 1320. The summed E-state index contributed by atoms with van der Waals surface area (Å²) in [6.07, 6.45) is 6.77. The molecule has 3 aromatic heterocycles. The maximum Gasteiger partial charge on any atom is 0.280 e. The lowest BCUT2D eigenvalue weighted by Crippen LogP contribution is -2.37. The number of ether oxygens (including phenoxy) is 1. The fourth-order valence-electron chi connectivity index (χ4n) is 3.98. The molecule has 33 heavy (non-hydrogen) atoms. The quantitative estimate of drug-likeness (QED) is 0.474. The van der Waals surface area contributed by atoms with Crippen LogP contribution in [-0.4, -0.2) is 51.5 Å². The van der Waals surface area contributed by atoms with Gasteiger partial charge in [0.05, 0.1) is 36.6 Å². The van der Waals surface area contributed by atoms with E-state index in [1.165, 1.54) is 4.68 Å². The van der Waals surface area contributed by atoms with Crippen molar-refractivity contribution in [2.24, 2.45) is 0 Å². The number of carbonyl (C=O) groups excluding carboxylic acids is 1. The highest BCUT2D eigenvalue weighted by atomic mass is 16.5. The molecule has 5 rings (SSSR count). The Balaban J connectivity index is 1.43. The van der Waals surface area contributed by atoms with Crippen molar-refractivity contribution in [1.82, 2.24) is 19.3 Å². The minimum absolute atomic E-state index is 0.173. The summed E-state index contributed by atoms with van der Waals surface area (Å²) in [6.45, 7) is 3.14. The van der Waals surface area contributed by atoms with Crippen LogP contribution in [0.5, 0.6) is 0 Å². The number of rotatable bonds is 5. The second kappa shape index (κ2) is 9.22. The first-order valence-electron chi connectivity index (χ1n) is 10.8. The summed E-state index contributed by atoms with van der Waals surface area (Å²) >= 11 is 0. The molecule has 0 radical (unpaired) electrons. The SMILES string of the molecule is O=C(c1ccccc1N1CCOCC1)n1ccc(-c2cccn(Cc3cccnc3)c2=O)n1. The number of pyridine rings is 2. The number of morpholine rings is 1. The van der Waals surface area contributed by atoms with Crippen LogP contribution in [0.4, 0.5) is 5.69 Å². The molecule has 1 fully saturated rings. The van der Waals surface area contributed by atoms with E-state index < -0.39 is 0 Å². The maximum atomic E-state index is 13.3. The van der Waals surface area contributed by atoms with Gasteiger partial charge in [0.15, 0.2) is 0 Å². The van der Waals surface area contributed by atoms with Crippen molar-refractivity contribution >= 4 is 11.6 Å². The zero-order valence-electron chi connectivity index (χ0n) is 18.0. The number of hydrogen-bond donors (Lipinski definition) is 0. The van der Waals surface area contributed by atoms with Crippen LogP contribution in [0.1, 0.15) is 15.9 Å². The van der Waals surface area contributed by atoms with Crippen LogP contribution < -0.4 is 10.5 Å². The van der Waals surface area contributed by atoms with E-state index in [1.807, 2.05) is 36.4 Å². The molecule has 0 N–H and O–H groups in total. The highest BCUT2D eigenvalue weighted by molar-refractivity contribution is 6.01. The summed E-state index contributed by atoms with van der Waals surface area (Å²) in [5, 5.41) is 4.45. The summed E-state index contributed by atoms with van der Waals surface area (Å²) < 4.78 is 8.35. The third-order valence-corrected chi connectivity index (χ3v) is 5.66. The Labute approximate surface area is 190 Å². The lowest BCUT2D eigenvalue weighted by Gasteiger charge is -2.30. The minimum Gasteiger partial charge on any atom is -0.378 e. The molecule has 1 aromatic carbocycles. The fraction of sp³-hybridized carbons (Fsp3) is 0.200. The fourth-order valence-corrected chi connectivity index (χ4v) is 3.98. The first-order chi connectivity index (χ1) is 16.2. The second-order valence-corrected chi connectivity index (χ2v) is 7.78. The molecule has 1 saturated heterocycles. The van der Waals surface area contributed by atoms with E-state index in [0.717, 1.165) is 24.3 Å². The number of para-hydroxylation sites is 1. The summed E-state index contributed by atoms with van der Waals surface area (Å²) in [7, 11) is 0. The van der Waals surface area contributed by atoms with Crippen molar-refractivity contribution in [3.8, 4) is 11.3 Å². The van der Waals surface area contributed by atoms with Crippen molar-refractivity contribution in [2.75, 3.05) is 31.2 Å². The van der Waals surface area contributed by atoms with Gasteiger partial charge in [0.1, 0.15) is 0 Å². The Morgan fingerprint density at radius 3 is 2.64 bits per heavy atom. The summed E-state index contributed by atoms with van der Waals surface area (Å²) in [5.41, 5.74) is 3.08. The van der Waals surface area contributed by atoms with Gasteiger partial charge in [-0.15, -0.1) is 0 Å². The van der Waals surface area contributed by atoms with Crippen molar-refractivity contribution in [3.63, 3.8) is 0 Å². The normalized spacial score (nSPS) is 13.8. The van der Waals surface area contributed by atoms with Crippen LogP contribution >= 0.6 is 0 Å². The van der Waals surface area contributed by atoms with Crippen LogP contribution in [0.3, 0.4) is 0 Å². The Kier molecular flexibility index (Phi) is 5.82. The first kappa shape index (κ1) is 20.8. The zero-order chi connectivity index (χ0) is 22.6. The van der Waals surface area contributed by atoms with E-state index >= 15 is 0 Å². The third kappa shape index (κ3) is 4.33. The Morgan fingerprint density at radius 1 is 0.970 bits per heavy atom. The molecule has 0 unspecified atom stereocenters. The highest BCUT2D eigenvalue weighted by Gasteiger charge is 2.20. The molecule has 8 nitrogen and oxygen atoms in total. The van der Waals surface area contributed by atoms with Gasteiger partial charge in [0, 0.05) is 43.6 Å². The number of nitrogens with zero attached hydrogens (tertiary/aromatic N) is 5. The van der Waals surface area contributed by atoms with E-state index in [-0.39, 0.29) is 11.5 Å². The number of anilines is 1. The van der Waals surface area contributed by atoms with E-state index in [1.54, 1.807) is 47.6 Å². The van der Waals surface area contributed by atoms with Gasteiger partial charge in [-0.2, -0.15) is 5.10 Å². The summed E-state index contributed by atoms with van der Waals surface area (Å²) in [4.78, 5) is 32.6. The predicted octanol–water partition coefficient (Wildman–Crippen LogP) is 2.68. The molecule has 0 saturated carbocycles. The molecule has 0 spiro atoms. The molecule has 0 bridgehead atoms. The van der Waals surface area contributed by atoms with Crippen molar-refractivity contribution in [3.05, 3.63) is 101 Å². The van der Waals surface area contributed by atoms with E-state index in [2.05, 4.69) is 15.0 Å². The number of carbonyl (C=O) groups is 1. The monoisotopic (exact) mass is 441 g/mol. The summed E-state index contributed by atoms with van der Waals surface area (Å²) in [6, 6.07) is 16.5. The molecule has 4 aromatic rings. The van der Waals surface area contributed by atoms with Gasteiger partial charge in [0.2, 0.25) is 0 Å². The molecule has 8 heteroatoms. The van der Waals surface area contributed by atoms with Crippen molar-refractivity contribution in [1.29, 1.82) is 0 Å². The molecule has 0 atom stereocenters. The Hall–Kier alpha value is -4.04. The Morgan fingerprint density at radius 2 is 1.82 bits per heavy atom. The first-order valence-corrected chi connectivity index (χ1v) is 10.8. The minimum atomic E-state index is -0.241. The van der Waals surface area contributed by atoms with Crippen LogP contribution in [-0.2, 0) is 11.3 Å². The lowest BCUT2D eigenvalue weighted by molar-refractivity contribution is 0.0944. The van der Waals surface area contributed by atoms with Gasteiger partial charge in [-0.05, 0) is 42.0 Å². The molecule has 4 heterocycles. The standard InChI is InChI=1S/C25H23N5O3/c31-24-20(7-4-11-29(24)18-19-5-3-10-26-17-19)22-9-12-30(27-22)25(32)21-6-1-2-8-23(21)28-13-15-33-16-14-28/h1-12,17H,13-16,18H2. The van der Waals surface area contributed by atoms with E-state index in [4.69, 9.17) is 4.74 Å². The number of hydrogen-bond acceptors (Lipinski definition) is 6.